The van der Waals surface area contributed by atoms with Crippen LogP contribution in [0.5, 0.6) is 0 Å². The highest BCUT2D eigenvalue weighted by molar-refractivity contribution is 9.10. The maximum absolute atomic E-state index is 13.3. The summed E-state index contributed by atoms with van der Waals surface area (Å²) in [6, 6.07) is 8.35. The number of carbonyl (C=O) groups excluding carboxylic acids is 1. The minimum Gasteiger partial charge on any atom is -0.299 e. The van der Waals surface area contributed by atoms with Crippen LogP contribution >= 0.6 is 15.9 Å². The van der Waals surface area contributed by atoms with Crippen molar-refractivity contribution < 1.29 is 9.18 Å². The second-order valence-electron chi connectivity index (χ2n) is 3.97. The Balaban J connectivity index is 2.06. The third-order valence-electron chi connectivity index (χ3n) is 2.54. The Morgan fingerprint density at radius 1 is 1.22 bits per heavy atom. The number of ketones is 1. The fraction of sp³-hybridized carbons (Fsp3) is 0.143. The first-order chi connectivity index (χ1) is 8.66. The van der Waals surface area contributed by atoms with Crippen LogP contribution < -0.4 is 0 Å². The van der Waals surface area contributed by atoms with Gasteiger partial charge in [0.1, 0.15) is 11.6 Å². The predicted octanol–water partition coefficient (Wildman–Crippen LogP) is 3.34. The van der Waals surface area contributed by atoms with Gasteiger partial charge in [-0.1, -0.05) is 18.2 Å². The van der Waals surface area contributed by atoms with E-state index in [2.05, 4.69) is 20.9 Å². The summed E-state index contributed by atoms with van der Waals surface area (Å²) < 4.78 is 13.7. The smallest absolute Gasteiger partial charge is 0.141 e. The van der Waals surface area contributed by atoms with Crippen molar-refractivity contribution in [1.29, 1.82) is 0 Å². The van der Waals surface area contributed by atoms with E-state index in [1.165, 1.54) is 6.07 Å². The second-order valence-corrected chi connectivity index (χ2v) is 4.76. The van der Waals surface area contributed by atoms with Gasteiger partial charge in [0, 0.05) is 25.2 Å². The third-order valence-corrected chi connectivity index (χ3v) is 3.43. The van der Waals surface area contributed by atoms with Gasteiger partial charge in [-0.2, -0.15) is 0 Å². The average molecular weight is 308 g/mol. The summed E-state index contributed by atoms with van der Waals surface area (Å²) in [5, 5.41) is 0. The van der Waals surface area contributed by atoms with Crippen LogP contribution in [0.3, 0.4) is 0 Å². The highest BCUT2D eigenvalue weighted by atomic mass is 79.9. The van der Waals surface area contributed by atoms with Crippen LogP contribution in [0.25, 0.3) is 0 Å². The lowest BCUT2D eigenvalue weighted by molar-refractivity contribution is -0.117. The van der Waals surface area contributed by atoms with E-state index >= 15 is 0 Å². The molecule has 0 amide bonds. The lowest BCUT2D eigenvalue weighted by Gasteiger charge is -2.04. The van der Waals surface area contributed by atoms with Crippen molar-refractivity contribution in [3.8, 4) is 0 Å². The summed E-state index contributed by atoms with van der Waals surface area (Å²) in [5.41, 5.74) is 1.54. The molecule has 2 rings (SSSR count). The van der Waals surface area contributed by atoms with Crippen LogP contribution in [0.15, 0.2) is 47.2 Å². The van der Waals surface area contributed by atoms with Gasteiger partial charge in [0.2, 0.25) is 0 Å². The first-order valence-electron chi connectivity index (χ1n) is 5.50. The molecule has 0 aliphatic rings. The summed E-state index contributed by atoms with van der Waals surface area (Å²) in [7, 11) is 0. The van der Waals surface area contributed by atoms with E-state index in [0.29, 0.717) is 16.5 Å². The molecule has 0 radical (unpaired) electrons. The Hall–Kier alpha value is -1.55. The van der Waals surface area contributed by atoms with Gasteiger partial charge in [0.05, 0.1) is 4.47 Å². The monoisotopic (exact) mass is 307 g/mol. The minimum atomic E-state index is -0.346. The number of benzene rings is 1. The molecule has 0 bridgehead atoms. The van der Waals surface area contributed by atoms with Crippen molar-refractivity contribution in [2.45, 2.75) is 12.8 Å². The third kappa shape index (κ3) is 3.23. The summed E-state index contributed by atoms with van der Waals surface area (Å²) in [4.78, 5) is 15.8. The molecule has 0 spiro atoms. The van der Waals surface area contributed by atoms with Gasteiger partial charge in [-0.25, -0.2) is 4.39 Å². The highest BCUT2D eigenvalue weighted by Gasteiger charge is 2.10. The molecule has 0 aliphatic carbocycles. The van der Waals surface area contributed by atoms with E-state index in [1.807, 2.05) is 6.07 Å². The van der Waals surface area contributed by atoms with Gasteiger partial charge in [0.25, 0.3) is 0 Å². The van der Waals surface area contributed by atoms with E-state index in [1.54, 1.807) is 30.6 Å². The van der Waals surface area contributed by atoms with Crippen LogP contribution in [-0.4, -0.2) is 10.8 Å². The van der Waals surface area contributed by atoms with Crippen molar-refractivity contribution in [3.63, 3.8) is 0 Å². The number of pyridine rings is 1. The summed E-state index contributed by atoms with van der Waals surface area (Å²) in [5.74, 6) is -0.309. The molecule has 2 nitrogen and oxygen atoms in total. The molecular formula is C14H11BrFNO. The zero-order valence-electron chi connectivity index (χ0n) is 9.57. The zero-order chi connectivity index (χ0) is 13.0. The van der Waals surface area contributed by atoms with Gasteiger partial charge in [-0.3, -0.25) is 9.78 Å². The number of halogens is 2. The van der Waals surface area contributed by atoms with Crippen molar-refractivity contribution >= 4 is 21.7 Å². The molecule has 0 N–H and O–H groups in total. The summed E-state index contributed by atoms with van der Waals surface area (Å²) >= 11 is 3.15. The van der Waals surface area contributed by atoms with Crippen molar-refractivity contribution in [2.24, 2.45) is 0 Å². The Bertz CT molecular complexity index is 557. The molecule has 0 atom stereocenters. The van der Waals surface area contributed by atoms with E-state index in [0.717, 1.165) is 5.56 Å². The lowest BCUT2D eigenvalue weighted by Crippen LogP contribution is -2.07. The maximum Gasteiger partial charge on any atom is 0.141 e. The average Bonchev–Trinajstić information content (AvgIpc) is 2.36. The van der Waals surface area contributed by atoms with Crippen LogP contribution in [0.2, 0.25) is 0 Å². The number of rotatable bonds is 4. The molecule has 0 aliphatic heterocycles. The molecule has 1 aromatic carbocycles. The number of hydrogen-bond donors (Lipinski definition) is 0. The molecule has 2 aromatic rings. The first-order valence-corrected chi connectivity index (χ1v) is 6.29. The Morgan fingerprint density at radius 2 is 2.06 bits per heavy atom. The molecule has 92 valence electrons. The lowest BCUT2D eigenvalue weighted by atomic mass is 10.0. The molecule has 1 aromatic heterocycles. The van der Waals surface area contributed by atoms with Crippen LogP contribution in [0.1, 0.15) is 11.1 Å². The Labute approximate surface area is 113 Å². The topological polar surface area (TPSA) is 30.0 Å². The molecule has 18 heavy (non-hydrogen) atoms. The Morgan fingerprint density at radius 3 is 2.78 bits per heavy atom. The second kappa shape index (κ2) is 5.87. The van der Waals surface area contributed by atoms with Gasteiger partial charge >= 0.3 is 0 Å². The number of hydrogen-bond acceptors (Lipinski definition) is 2. The van der Waals surface area contributed by atoms with Gasteiger partial charge in [-0.15, -0.1) is 0 Å². The van der Waals surface area contributed by atoms with E-state index < -0.39 is 0 Å². The van der Waals surface area contributed by atoms with Crippen molar-refractivity contribution in [2.75, 3.05) is 0 Å². The summed E-state index contributed by atoms with van der Waals surface area (Å²) in [6.45, 7) is 0. The number of carbonyl (C=O) groups is 1. The predicted molar refractivity (Wildman–Crippen MR) is 70.8 cm³/mol. The molecular weight excluding hydrogens is 297 g/mol. The van der Waals surface area contributed by atoms with Crippen LogP contribution in [0.4, 0.5) is 4.39 Å². The first kappa shape index (κ1) is 12.9. The van der Waals surface area contributed by atoms with Crippen molar-refractivity contribution in [1.82, 2.24) is 4.98 Å². The van der Waals surface area contributed by atoms with Gasteiger partial charge in [-0.05, 0) is 39.2 Å². The van der Waals surface area contributed by atoms with Gasteiger partial charge in [0.15, 0.2) is 0 Å². The molecule has 1 heterocycles. The fourth-order valence-corrected chi connectivity index (χ4v) is 2.09. The number of aromatic nitrogens is 1. The van der Waals surface area contributed by atoms with Crippen LogP contribution in [0, 0.1) is 5.82 Å². The van der Waals surface area contributed by atoms with Crippen LogP contribution in [-0.2, 0) is 17.6 Å². The summed E-state index contributed by atoms with van der Waals surface area (Å²) in [6.07, 6.45) is 3.86. The van der Waals surface area contributed by atoms with E-state index in [4.69, 9.17) is 0 Å². The molecule has 0 fully saturated rings. The highest BCUT2D eigenvalue weighted by Crippen LogP contribution is 2.21. The van der Waals surface area contributed by atoms with E-state index in [9.17, 15) is 9.18 Å². The standard InChI is InChI=1S/C14H11BrFNO/c15-14-11(4-1-5-13(14)16)8-12(18)7-10-3-2-6-17-9-10/h1-6,9H,7-8H2. The normalized spacial score (nSPS) is 10.3. The molecule has 0 saturated carbocycles. The SMILES string of the molecule is O=C(Cc1cccnc1)Cc1cccc(F)c1Br. The largest absolute Gasteiger partial charge is 0.299 e. The van der Waals surface area contributed by atoms with Crippen molar-refractivity contribution in [3.05, 3.63) is 64.1 Å². The quantitative estimate of drug-likeness (QED) is 0.867. The molecule has 0 saturated heterocycles. The minimum absolute atomic E-state index is 0.0364. The van der Waals surface area contributed by atoms with Gasteiger partial charge < -0.3 is 0 Å². The number of nitrogens with zero attached hydrogens (tertiary/aromatic N) is 1. The van der Waals surface area contributed by atoms with E-state index in [-0.39, 0.29) is 18.0 Å². The fourth-order valence-electron chi connectivity index (χ4n) is 1.69. The molecule has 0 unspecified atom stereocenters. The maximum atomic E-state index is 13.3. The Kier molecular flexibility index (Phi) is 4.20. The zero-order valence-corrected chi connectivity index (χ0v) is 11.2. The molecule has 4 heteroatoms. The number of Topliss-reactive ketones (excluding diaryl/α,β-unsaturated/α-hetero) is 1.